The van der Waals surface area contributed by atoms with Crippen LogP contribution in [0.1, 0.15) is 39.0 Å². The maximum Gasteiger partial charge on any atom is 0.147 e. The lowest BCUT2D eigenvalue weighted by atomic mass is 9.90. The van der Waals surface area contributed by atoms with Gasteiger partial charge in [0.2, 0.25) is 0 Å². The van der Waals surface area contributed by atoms with E-state index in [1.165, 1.54) is 19.1 Å². The molecule has 1 aliphatic rings. The summed E-state index contributed by atoms with van der Waals surface area (Å²) >= 11 is 0. The lowest BCUT2D eigenvalue weighted by Gasteiger charge is -2.37. The van der Waals surface area contributed by atoms with Crippen molar-refractivity contribution >= 4 is 9.84 Å². The van der Waals surface area contributed by atoms with Gasteiger partial charge in [0.25, 0.3) is 0 Å². The zero-order valence-electron chi connectivity index (χ0n) is 11.2. The van der Waals surface area contributed by atoms with Crippen molar-refractivity contribution in [2.24, 2.45) is 0 Å². The second-order valence-corrected chi connectivity index (χ2v) is 7.22. The molecule has 1 saturated carbocycles. The van der Waals surface area contributed by atoms with Crippen molar-refractivity contribution in [3.8, 4) is 0 Å². The Balaban J connectivity index is 2.68. The average molecular weight is 263 g/mol. The summed E-state index contributed by atoms with van der Waals surface area (Å²) in [5.74, 6) is 0.229. The molecule has 4 nitrogen and oxygen atoms in total. The Kier molecular flexibility index (Phi) is 5.41. The maximum atomic E-state index is 11.3. The van der Waals surface area contributed by atoms with Crippen LogP contribution in [-0.4, -0.2) is 45.7 Å². The third kappa shape index (κ3) is 4.23. The summed E-state index contributed by atoms with van der Waals surface area (Å²) < 4.78 is 28.5. The molecule has 0 radical (unpaired) electrons. The molecule has 1 atom stereocenters. The summed E-state index contributed by atoms with van der Waals surface area (Å²) in [5, 5.41) is 3.25. The molecular formula is C12H25NO3S. The first-order valence-corrected chi connectivity index (χ1v) is 8.48. The van der Waals surface area contributed by atoms with Gasteiger partial charge in [-0.25, -0.2) is 8.42 Å². The molecule has 5 heteroatoms. The second-order valence-electron chi connectivity index (χ2n) is 4.96. The van der Waals surface area contributed by atoms with E-state index in [1.807, 2.05) is 14.0 Å². The van der Waals surface area contributed by atoms with E-state index in [9.17, 15) is 8.42 Å². The minimum atomic E-state index is -2.90. The largest absolute Gasteiger partial charge is 0.374 e. The van der Waals surface area contributed by atoms with E-state index in [1.54, 1.807) is 0 Å². The van der Waals surface area contributed by atoms with E-state index in [-0.39, 0.29) is 17.4 Å². The monoisotopic (exact) mass is 263 g/mol. The van der Waals surface area contributed by atoms with Crippen LogP contribution in [0.4, 0.5) is 0 Å². The van der Waals surface area contributed by atoms with Crippen LogP contribution in [0.15, 0.2) is 0 Å². The van der Waals surface area contributed by atoms with E-state index >= 15 is 0 Å². The Morgan fingerprint density at radius 1 is 1.35 bits per heavy atom. The molecule has 1 fully saturated rings. The predicted octanol–water partition coefficient (Wildman–Crippen LogP) is 1.36. The number of likely N-dealkylation sites (N-methyl/N-ethyl adjacent to an activating group) is 1. The molecular weight excluding hydrogens is 238 g/mol. The highest BCUT2D eigenvalue weighted by Crippen LogP contribution is 2.37. The summed E-state index contributed by atoms with van der Waals surface area (Å²) in [4.78, 5) is 0. The molecule has 0 aromatic carbocycles. The van der Waals surface area contributed by atoms with Crippen LogP contribution >= 0.6 is 0 Å². The first-order chi connectivity index (χ1) is 7.93. The van der Waals surface area contributed by atoms with Gasteiger partial charge in [-0.1, -0.05) is 12.8 Å². The van der Waals surface area contributed by atoms with Crippen molar-refractivity contribution in [3.63, 3.8) is 0 Å². The zero-order valence-corrected chi connectivity index (χ0v) is 12.0. The first kappa shape index (κ1) is 14.9. The molecule has 1 rings (SSSR count). The first-order valence-electron chi connectivity index (χ1n) is 6.42. The minimum Gasteiger partial charge on any atom is -0.374 e. The Morgan fingerprint density at radius 3 is 2.35 bits per heavy atom. The van der Waals surface area contributed by atoms with Gasteiger partial charge in [-0.2, -0.15) is 0 Å². The smallest absolute Gasteiger partial charge is 0.147 e. The fourth-order valence-electron chi connectivity index (χ4n) is 2.86. The fraction of sp³-hybridized carbons (Fsp3) is 1.00. The van der Waals surface area contributed by atoms with Gasteiger partial charge in [0.05, 0.1) is 11.4 Å². The summed E-state index contributed by atoms with van der Waals surface area (Å²) in [6.07, 6.45) is 6.36. The number of nitrogens with one attached hydrogen (secondary N) is 1. The van der Waals surface area contributed by atoms with E-state index in [0.717, 1.165) is 12.8 Å². The van der Waals surface area contributed by atoms with Crippen LogP contribution in [-0.2, 0) is 14.6 Å². The number of hydrogen-bond acceptors (Lipinski definition) is 4. The molecule has 0 aromatic heterocycles. The van der Waals surface area contributed by atoms with Gasteiger partial charge in [0, 0.05) is 18.9 Å². The molecule has 17 heavy (non-hydrogen) atoms. The molecule has 1 unspecified atom stereocenters. The molecule has 0 spiro atoms. The van der Waals surface area contributed by atoms with Gasteiger partial charge >= 0.3 is 0 Å². The highest BCUT2D eigenvalue weighted by atomic mass is 32.2. The summed E-state index contributed by atoms with van der Waals surface area (Å²) in [5.41, 5.74) is -0.145. The van der Waals surface area contributed by atoms with Gasteiger partial charge in [-0.15, -0.1) is 0 Å². The molecule has 0 aliphatic heterocycles. The lowest BCUT2D eigenvalue weighted by Crippen LogP contribution is -2.50. The highest BCUT2D eigenvalue weighted by Gasteiger charge is 2.41. The number of rotatable bonds is 7. The molecule has 1 aliphatic carbocycles. The van der Waals surface area contributed by atoms with Gasteiger partial charge in [0.1, 0.15) is 9.84 Å². The van der Waals surface area contributed by atoms with Crippen molar-refractivity contribution in [2.75, 3.05) is 25.7 Å². The second kappa shape index (κ2) is 6.16. The van der Waals surface area contributed by atoms with E-state index < -0.39 is 9.84 Å². The summed E-state index contributed by atoms with van der Waals surface area (Å²) in [7, 11) is -1.00. The van der Waals surface area contributed by atoms with Crippen molar-refractivity contribution in [3.05, 3.63) is 0 Å². The normalized spacial score (nSPS) is 21.6. The van der Waals surface area contributed by atoms with Gasteiger partial charge in [-0.05, 0) is 33.2 Å². The minimum absolute atomic E-state index is 0.139. The number of hydrogen-bond donors (Lipinski definition) is 1. The Hall–Kier alpha value is -0.130. The molecule has 0 aromatic rings. The fourth-order valence-corrected chi connectivity index (χ4v) is 3.52. The molecule has 0 bridgehead atoms. The van der Waals surface area contributed by atoms with Crippen LogP contribution in [0.5, 0.6) is 0 Å². The molecule has 0 heterocycles. The summed E-state index contributed by atoms with van der Waals surface area (Å²) in [6, 6.07) is 0.139. The quantitative estimate of drug-likeness (QED) is 0.753. The van der Waals surface area contributed by atoms with Crippen LogP contribution in [0, 0.1) is 0 Å². The van der Waals surface area contributed by atoms with E-state index in [4.69, 9.17) is 4.74 Å². The van der Waals surface area contributed by atoms with Crippen LogP contribution in [0.3, 0.4) is 0 Å². The van der Waals surface area contributed by atoms with Crippen molar-refractivity contribution < 1.29 is 13.2 Å². The Morgan fingerprint density at radius 2 is 1.94 bits per heavy atom. The third-order valence-electron chi connectivity index (χ3n) is 3.64. The van der Waals surface area contributed by atoms with E-state index in [0.29, 0.717) is 13.0 Å². The van der Waals surface area contributed by atoms with Gasteiger partial charge < -0.3 is 10.1 Å². The molecule has 1 N–H and O–H groups in total. The van der Waals surface area contributed by atoms with Crippen LogP contribution in [0.2, 0.25) is 0 Å². The van der Waals surface area contributed by atoms with E-state index in [2.05, 4.69) is 5.32 Å². The van der Waals surface area contributed by atoms with Crippen molar-refractivity contribution in [2.45, 2.75) is 50.7 Å². The van der Waals surface area contributed by atoms with Crippen molar-refractivity contribution in [1.82, 2.24) is 5.32 Å². The van der Waals surface area contributed by atoms with Crippen LogP contribution in [0.25, 0.3) is 0 Å². The third-order valence-corrected chi connectivity index (χ3v) is 4.62. The molecule has 102 valence electrons. The summed E-state index contributed by atoms with van der Waals surface area (Å²) in [6.45, 7) is 2.69. The predicted molar refractivity (Wildman–Crippen MR) is 70.0 cm³/mol. The van der Waals surface area contributed by atoms with Gasteiger partial charge in [-0.3, -0.25) is 0 Å². The SMILES string of the molecule is CCOC1(C(CCS(C)(=O)=O)NC)CCCC1. The zero-order chi connectivity index (χ0) is 12.9. The average Bonchev–Trinajstić information content (AvgIpc) is 2.67. The Bertz CT molecular complexity index is 321. The number of ether oxygens (including phenoxy) is 1. The highest BCUT2D eigenvalue weighted by molar-refractivity contribution is 7.90. The van der Waals surface area contributed by atoms with Crippen molar-refractivity contribution in [1.29, 1.82) is 0 Å². The van der Waals surface area contributed by atoms with Crippen LogP contribution < -0.4 is 5.32 Å². The standard InChI is InChI=1S/C12H25NO3S/c1-4-16-12(8-5-6-9-12)11(13-2)7-10-17(3,14)15/h11,13H,4-10H2,1-3H3. The lowest BCUT2D eigenvalue weighted by molar-refractivity contribution is -0.0603. The molecule has 0 saturated heterocycles. The molecule has 0 amide bonds. The van der Waals surface area contributed by atoms with Gasteiger partial charge in [0.15, 0.2) is 0 Å². The Labute approximate surface area is 105 Å². The maximum absolute atomic E-state index is 11.3. The number of sulfone groups is 1. The topological polar surface area (TPSA) is 55.4 Å².